The standard InChI is InChI=1S/C28H28N2O3S2/c1-3-5-16-30(17-6-4-2)28-22(19-29)26(20-12-8-7-9-13-20)23(34-28)18-25-27(31)21-14-10-11-15-24(21)35(25,32)33/h7-15,18H,3-6,16-17H2,1-2H3/b25-18-. The van der Waals surface area contributed by atoms with Crippen LogP contribution in [0.5, 0.6) is 0 Å². The predicted octanol–water partition coefficient (Wildman–Crippen LogP) is 6.70. The normalized spacial score (nSPS) is 15.2. The number of allylic oxidation sites excluding steroid dienone is 1. The van der Waals surface area contributed by atoms with E-state index in [2.05, 4.69) is 24.8 Å². The van der Waals surface area contributed by atoms with Gasteiger partial charge in [-0.25, -0.2) is 8.42 Å². The van der Waals surface area contributed by atoms with Crippen LogP contribution in [0.1, 0.15) is 60.3 Å². The molecule has 0 aliphatic carbocycles. The second-order valence-corrected chi connectivity index (χ2v) is 11.4. The first-order valence-electron chi connectivity index (χ1n) is 11.9. The summed E-state index contributed by atoms with van der Waals surface area (Å²) >= 11 is 1.39. The maximum absolute atomic E-state index is 13.3. The lowest BCUT2D eigenvalue weighted by molar-refractivity contribution is 0.104. The predicted molar refractivity (Wildman–Crippen MR) is 142 cm³/mol. The van der Waals surface area contributed by atoms with E-state index < -0.39 is 15.6 Å². The molecule has 0 unspecified atom stereocenters. The molecular weight excluding hydrogens is 476 g/mol. The summed E-state index contributed by atoms with van der Waals surface area (Å²) in [5.41, 5.74) is 2.23. The number of fused-ring (bicyclic) bond motifs is 1. The Morgan fingerprint density at radius 3 is 2.20 bits per heavy atom. The van der Waals surface area contributed by atoms with Gasteiger partial charge in [0, 0.05) is 29.1 Å². The number of sulfone groups is 1. The van der Waals surface area contributed by atoms with Crippen molar-refractivity contribution in [1.29, 1.82) is 5.26 Å². The summed E-state index contributed by atoms with van der Waals surface area (Å²) in [5, 5.41) is 11.1. The Morgan fingerprint density at radius 2 is 1.60 bits per heavy atom. The molecule has 0 fully saturated rings. The van der Waals surface area contributed by atoms with Crippen molar-refractivity contribution in [2.45, 2.75) is 44.4 Å². The highest BCUT2D eigenvalue weighted by Crippen LogP contribution is 2.45. The number of carbonyl (C=O) groups is 1. The Morgan fingerprint density at radius 1 is 0.971 bits per heavy atom. The fraction of sp³-hybridized carbons (Fsp3) is 0.286. The van der Waals surface area contributed by atoms with Crippen molar-refractivity contribution in [3.05, 3.63) is 75.5 Å². The maximum atomic E-state index is 13.3. The monoisotopic (exact) mass is 504 g/mol. The van der Waals surface area contributed by atoms with E-state index in [1.807, 2.05) is 30.3 Å². The Labute approximate surface area is 211 Å². The van der Waals surface area contributed by atoms with Gasteiger partial charge < -0.3 is 4.90 Å². The van der Waals surface area contributed by atoms with E-state index in [4.69, 9.17) is 0 Å². The second kappa shape index (κ2) is 10.6. The minimum absolute atomic E-state index is 0.0438. The number of ketones is 1. The highest BCUT2D eigenvalue weighted by Gasteiger charge is 2.39. The molecule has 0 saturated carbocycles. The fourth-order valence-electron chi connectivity index (χ4n) is 4.29. The average Bonchev–Trinajstić information content (AvgIpc) is 3.33. The molecule has 0 spiro atoms. The summed E-state index contributed by atoms with van der Waals surface area (Å²) in [6.45, 7) is 5.91. The molecule has 0 atom stereocenters. The number of Topliss-reactive ketones (excluding diaryl/α,β-unsaturated/α-hetero) is 1. The summed E-state index contributed by atoms with van der Waals surface area (Å²) in [6.07, 6.45) is 5.52. The van der Waals surface area contributed by atoms with Crippen molar-refractivity contribution in [2.75, 3.05) is 18.0 Å². The van der Waals surface area contributed by atoms with Gasteiger partial charge in [-0.3, -0.25) is 4.79 Å². The Bertz CT molecular complexity index is 1410. The number of benzene rings is 2. The number of anilines is 1. The van der Waals surface area contributed by atoms with Crippen molar-refractivity contribution in [1.82, 2.24) is 0 Å². The zero-order valence-electron chi connectivity index (χ0n) is 20.0. The lowest BCUT2D eigenvalue weighted by atomic mass is 10.0. The van der Waals surface area contributed by atoms with Crippen LogP contribution >= 0.6 is 11.3 Å². The van der Waals surface area contributed by atoms with E-state index in [0.29, 0.717) is 16.0 Å². The summed E-state index contributed by atoms with van der Waals surface area (Å²) in [7, 11) is -3.93. The molecule has 5 nitrogen and oxygen atoms in total. The SMILES string of the molecule is CCCCN(CCCC)c1sc(/C=C2/C(=O)c3ccccc3S2(=O)=O)c(-c2ccccc2)c1C#N. The maximum Gasteiger partial charge on any atom is 0.211 e. The number of thiophene rings is 1. The van der Waals surface area contributed by atoms with E-state index in [-0.39, 0.29) is 15.4 Å². The first-order valence-corrected chi connectivity index (χ1v) is 14.2. The molecule has 3 aromatic rings. The molecule has 0 saturated heterocycles. The summed E-state index contributed by atoms with van der Waals surface area (Å²) in [5.74, 6) is -0.498. The Kier molecular flexibility index (Phi) is 7.54. The number of hydrogen-bond donors (Lipinski definition) is 0. The molecule has 180 valence electrons. The minimum atomic E-state index is -3.93. The van der Waals surface area contributed by atoms with Gasteiger partial charge in [-0.15, -0.1) is 11.3 Å². The van der Waals surface area contributed by atoms with Crippen LogP contribution in [-0.2, 0) is 9.84 Å². The third-order valence-corrected chi connectivity index (χ3v) is 9.15. The molecule has 1 aromatic heterocycles. The molecule has 0 N–H and O–H groups in total. The number of nitriles is 1. The van der Waals surface area contributed by atoms with Gasteiger partial charge in [0.2, 0.25) is 15.6 Å². The molecule has 2 aromatic carbocycles. The van der Waals surface area contributed by atoms with Crippen LogP contribution in [0.4, 0.5) is 5.00 Å². The largest absolute Gasteiger partial charge is 0.362 e. The topological polar surface area (TPSA) is 78.2 Å². The molecule has 1 aliphatic rings. The van der Waals surface area contributed by atoms with E-state index in [0.717, 1.165) is 49.3 Å². The molecule has 0 bridgehead atoms. The van der Waals surface area contributed by atoms with Crippen molar-refractivity contribution >= 4 is 38.0 Å². The van der Waals surface area contributed by atoms with Gasteiger partial charge >= 0.3 is 0 Å². The molecule has 2 heterocycles. The first kappa shape index (κ1) is 24.9. The van der Waals surface area contributed by atoms with Crippen LogP contribution < -0.4 is 4.90 Å². The number of nitrogens with zero attached hydrogens (tertiary/aromatic N) is 2. The quantitative estimate of drug-likeness (QED) is 0.303. The zero-order valence-corrected chi connectivity index (χ0v) is 21.6. The number of rotatable bonds is 9. The van der Waals surface area contributed by atoms with Gasteiger partial charge in [0.05, 0.1) is 10.5 Å². The molecular formula is C28H28N2O3S2. The van der Waals surface area contributed by atoms with Gasteiger partial charge in [-0.2, -0.15) is 5.26 Å². The highest BCUT2D eigenvalue weighted by atomic mass is 32.2. The van der Waals surface area contributed by atoms with Gasteiger partial charge in [0.1, 0.15) is 16.0 Å². The first-order chi connectivity index (χ1) is 16.9. The van der Waals surface area contributed by atoms with Crippen molar-refractivity contribution in [3.8, 4) is 17.2 Å². The van der Waals surface area contributed by atoms with E-state index >= 15 is 0 Å². The lowest BCUT2D eigenvalue weighted by Gasteiger charge is -2.23. The average molecular weight is 505 g/mol. The van der Waals surface area contributed by atoms with E-state index in [1.165, 1.54) is 23.5 Å². The van der Waals surface area contributed by atoms with E-state index in [9.17, 15) is 18.5 Å². The Hall–Kier alpha value is -3.21. The molecule has 0 radical (unpaired) electrons. The zero-order chi connectivity index (χ0) is 25.0. The van der Waals surface area contributed by atoms with Gasteiger partial charge in [0.15, 0.2) is 0 Å². The smallest absolute Gasteiger partial charge is 0.211 e. The van der Waals surface area contributed by atoms with Gasteiger partial charge in [-0.05, 0) is 36.6 Å². The van der Waals surface area contributed by atoms with Gasteiger partial charge in [-0.1, -0.05) is 69.2 Å². The molecule has 1 aliphatic heterocycles. The number of unbranched alkanes of at least 4 members (excludes halogenated alkanes) is 2. The summed E-state index contributed by atoms with van der Waals surface area (Å²) in [6, 6.07) is 18.2. The van der Waals surface area contributed by atoms with Crippen LogP contribution in [-0.4, -0.2) is 27.3 Å². The van der Waals surface area contributed by atoms with Crippen LogP contribution in [0.25, 0.3) is 17.2 Å². The van der Waals surface area contributed by atoms with Crippen LogP contribution in [0.2, 0.25) is 0 Å². The van der Waals surface area contributed by atoms with Crippen molar-refractivity contribution in [3.63, 3.8) is 0 Å². The third-order valence-electron chi connectivity index (χ3n) is 6.14. The molecule has 35 heavy (non-hydrogen) atoms. The number of hydrogen-bond acceptors (Lipinski definition) is 6. The van der Waals surface area contributed by atoms with Crippen molar-refractivity contribution in [2.24, 2.45) is 0 Å². The lowest BCUT2D eigenvalue weighted by Crippen LogP contribution is -2.25. The Balaban J connectivity index is 1.94. The highest BCUT2D eigenvalue weighted by molar-refractivity contribution is 7.97. The molecule has 4 rings (SSSR count). The molecule has 7 heteroatoms. The van der Waals surface area contributed by atoms with Crippen LogP contribution in [0, 0.1) is 11.3 Å². The second-order valence-electron chi connectivity index (χ2n) is 8.53. The van der Waals surface area contributed by atoms with Crippen LogP contribution in [0.3, 0.4) is 0 Å². The van der Waals surface area contributed by atoms with Gasteiger partial charge in [0.25, 0.3) is 0 Å². The molecule has 0 amide bonds. The van der Waals surface area contributed by atoms with Crippen LogP contribution in [0.15, 0.2) is 64.4 Å². The summed E-state index contributed by atoms with van der Waals surface area (Å²) < 4.78 is 26.5. The van der Waals surface area contributed by atoms with E-state index in [1.54, 1.807) is 18.2 Å². The fourth-order valence-corrected chi connectivity index (χ4v) is 7.21. The minimum Gasteiger partial charge on any atom is -0.362 e. The number of carbonyl (C=O) groups excluding carboxylic acids is 1. The third kappa shape index (κ3) is 4.69. The van der Waals surface area contributed by atoms with Crippen molar-refractivity contribution < 1.29 is 13.2 Å². The summed E-state index contributed by atoms with van der Waals surface area (Å²) in [4.78, 5) is 15.8.